The predicted molar refractivity (Wildman–Crippen MR) is 92.3 cm³/mol. The molecule has 1 amide bonds. The number of halogens is 1. The highest BCUT2D eigenvalue weighted by Crippen LogP contribution is 2.20. The quantitative estimate of drug-likeness (QED) is 0.742. The van der Waals surface area contributed by atoms with Crippen molar-refractivity contribution in [2.45, 2.75) is 6.92 Å². The minimum atomic E-state index is -0.0661. The van der Waals surface area contributed by atoms with Gasteiger partial charge in [-0.1, -0.05) is 24.3 Å². The Bertz CT molecular complexity index is 632. The van der Waals surface area contributed by atoms with Crippen LogP contribution in [0.3, 0.4) is 0 Å². The van der Waals surface area contributed by atoms with Gasteiger partial charge in [-0.05, 0) is 52.7 Å². The molecule has 0 saturated heterocycles. The van der Waals surface area contributed by atoms with Crippen LogP contribution in [0.25, 0.3) is 0 Å². The van der Waals surface area contributed by atoms with Crippen molar-refractivity contribution in [2.24, 2.45) is 0 Å². The van der Waals surface area contributed by atoms with Gasteiger partial charge >= 0.3 is 0 Å². The van der Waals surface area contributed by atoms with E-state index in [0.29, 0.717) is 13.2 Å². The number of anilines is 1. The van der Waals surface area contributed by atoms with E-state index in [2.05, 4.69) is 26.6 Å². The average Bonchev–Trinajstić information content (AvgIpc) is 2.51. The van der Waals surface area contributed by atoms with Crippen molar-refractivity contribution in [3.63, 3.8) is 0 Å². The third-order valence-corrected chi connectivity index (χ3v) is 3.69. The zero-order valence-corrected chi connectivity index (χ0v) is 14.0. The Morgan fingerprint density at radius 1 is 1.18 bits per heavy atom. The van der Waals surface area contributed by atoms with Crippen molar-refractivity contribution >= 4 is 27.5 Å². The van der Waals surface area contributed by atoms with Crippen LogP contribution in [-0.2, 0) is 4.79 Å². The Morgan fingerprint density at radius 3 is 2.77 bits per heavy atom. The molecular weight excluding hydrogens is 344 g/mol. The SMILES string of the molecule is Cc1cccc(OCCNC(=O)CNc2ccccc2Br)c1. The van der Waals surface area contributed by atoms with E-state index >= 15 is 0 Å². The lowest BCUT2D eigenvalue weighted by Gasteiger charge is -2.10. The summed E-state index contributed by atoms with van der Waals surface area (Å²) in [6, 6.07) is 15.5. The van der Waals surface area contributed by atoms with Crippen molar-refractivity contribution in [3.8, 4) is 5.75 Å². The number of aryl methyl sites for hydroxylation is 1. The minimum Gasteiger partial charge on any atom is -0.492 e. The first-order chi connectivity index (χ1) is 10.6. The van der Waals surface area contributed by atoms with E-state index in [1.165, 1.54) is 0 Å². The maximum Gasteiger partial charge on any atom is 0.239 e. The number of benzene rings is 2. The molecule has 0 atom stereocenters. The molecule has 0 radical (unpaired) electrons. The highest BCUT2D eigenvalue weighted by Gasteiger charge is 2.03. The van der Waals surface area contributed by atoms with E-state index in [-0.39, 0.29) is 12.5 Å². The van der Waals surface area contributed by atoms with Crippen molar-refractivity contribution in [3.05, 3.63) is 58.6 Å². The number of ether oxygens (including phenoxy) is 1. The third kappa shape index (κ3) is 5.41. The van der Waals surface area contributed by atoms with Crippen LogP contribution in [0.1, 0.15) is 5.56 Å². The van der Waals surface area contributed by atoms with Gasteiger partial charge in [-0.3, -0.25) is 4.79 Å². The first-order valence-electron chi connectivity index (χ1n) is 7.10. The lowest BCUT2D eigenvalue weighted by molar-refractivity contribution is -0.119. The molecule has 22 heavy (non-hydrogen) atoms. The maximum atomic E-state index is 11.7. The standard InChI is InChI=1S/C17H19BrN2O2/c1-13-5-4-6-14(11-13)22-10-9-19-17(21)12-20-16-8-3-2-7-15(16)18/h2-8,11,20H,9-10,12H2,1H3,(H,19,21). The van der Waals surface area contributed by atoms with E-state index in [9.17, 15) is 4.79 Å². The lowest BCUT2D eigenvalue weighted by atomic mass is 10.2. The van der Waals surface area contributed by atoms with Crippen LogP contribution in [0.4, 0.5) is 5.69 Å². The Morgan fingerprint density at radius 2 is 2.00 bits per heavy atom. The summed E-state index contributed by atoms with van der Waals surface area (Å²) in [5, 5.41) is 5.89. The van der Waals surface area contributed by atoms with E-state index in [4.69, 9.17) is 4.74 Å². The number of hydrogen-bond donors (Lipinski definition) is 2. The zero-order chi connectivity index (χ0) is 15.8. The normalized spacial score (nSPS) is 10.1. The van der Waals surface area contributed by atoms with Gasteiger partial charge in [-0.2, -0.15) is 0 Å². The fourth-order valence-corrected chi connectivity index (χ4v) is 2.33. The summed E-state index contributed by atoms with van der Waals surface area (Å²) in [4.78, 5) is 11.7. The monoisotopic (exact) mass is 362 g/mol. The molecule has 0 aliphatic rings. The van der Waals surface area contributed by atoms with Crippen molar-refractivity contribution in [1.82, 2.24) is 5.32 Å². The summed E-state index contributed by atoms with van der Waals surface area (Å²) < 4.78 is 6.51. The molecule has 0 unspecified atom stereocenters. The van der Waals surface area contributed by atoms with E-state index in [1.807, 2.05) is 55.5 Å². The van der Waals surface area contributed by atoms with Gasteiger partial charge < -0.3 is 15.4 Å². The third-order valence-electron chi connectivity index (χ3n) is 3.00. The van der Waals surface area contributed by atoms with Gasteiger partial charge in [-0.25, -0.2) is 0 Å². The largest absolute Gasteiger partial charge is 0.492 e. The Balaban J connectivity index is 1.65. The molecule has 2 aromatic rings. The number of rotatable bonds is 7. The second kappa shape index (κ2) is 8.44. The average molecular weight is 363 g/mol. The number of para-hydroxylation sites is 1. The van der Waals surface area contributed by atoms with Crippen LogP contribution in [0.15, 0.2) is 53.0 Å². The molecule has 0 bridgehead atoms. The van der Waals surface area contributed by atoms with Gasteiger partial charge in [-0.15, -0.1) is 0 Å². The van der Waals surface area contributed by atoms with Crippen LogP contribution in [0.5, 0.6) is 5.75 Å². The van der Waals surface area contributed by atoms with E-state index in [0.717, 1.165) is 21.5 Å². The highest BCUT2D eigenvalue weighted by molar-refractivity contribution is 9.10. The fraction of sp³-hybridized carbons (Fsp3) is 0.235. The van der Waals surface area contributed by atoms with Crippen LogP contribution in [0, 0.1) is 6.92 Å². The highest BCUT2D eigenvalue weighted by atomic mass is 79.9. The van der Waals surface area contributed by atoms with Crippen LogP contribution >= 0.6 is 15.9 Å². The van der Waals surface area contributed by atoms with Gasteiger partial charge in [0.1, 0.15) is 12.4 Å². The second-order valence-corrected chi connectivity index (χ2v) is 5.70. The minimum absolute atomic E-state index is 0.0661. The second-order valence-electron chi connectivity index (χ2n) is 4.85. The summed E-state index contributed by atoms with van der Waals surface area (Å²) in [6.45, 7) is 3.17. The fourth-order valence-electron chi connectivity index (χ4n) is 1.91. The molecule has 2 rings (SSSR count). The maximum absolute atomic E-state index is 11.7. The molecule has 0 aliphatic heterocycles. The molecule has 2 N–H and O–H groups in total. The summed E-state index contributed by atoms with van der Waals surface area (Å²) in [5.74, 6) is 0.754. The van der Waals surface area contributed by atoms with Gasteiger partial charge in [0.05, 0.1) is 13.1 Å². The molecule has 0 saturated carbocycles. The Hall–Kier alpha value is -2.01. The Labute approximate surface area is 139 Å². The van der Waals surface area contributed by atoms with Crippen molar-refractivity contribution in [2.75, 3.05) is 25.0 Å². The Kier molecular flexibility index (Phi) is 6.27. The number of carbonyl (C=O) groups excluding carboxylic acids is 1. The number of nitrogens with one attached hydrogen (secondary N) is 2. The molecule has 116 valence electrons. The van der Waals surface area contributed by atoms with Crippen LogP contribution < -0.4 is 15.4 Å². The molecule has 2 aromatic carbocycles. The number of carbonyl (C=O) groups is 1. The summed E-state index contributed by atoms with van der Waals surface area (Å²) in [6.07, 6.45) is 0. The van der Waals surface area contributed by atoms with Crippen LogP contribution in [0.2, 0.25) is 0 Å². The summed E-state index contributed by atoms with van der Waals surface area (Å²) >= 11 is 3.43. The van der Waals surface area contributed by atoms with Gasteiger partial charge in [0.2, 0.25) is 5.91 Å². The first kappa shape index (κ1) is 16.4. The number of hydrogen-bond acceptors (Lipinski definition) is 3. The summed E-state index contributed by atoms with van der Waals surface area (Å²) in [5.41, 5.74) is 2.05. The molecule has 0 spiro atoms. The molecule has 4 nitrogen and oxygen atoms in total. The van der Waals surface area contributed by atoms with Gasteiger partial charge in [0, 0.05) is 10.2 Å². The van der Waals surface area contributed by atoms with Crippen LogP contribution in [-0.4, -0.2) is 25.6 Å². The van der Waals surface area contributed by atoms with Gasteiger partial charge in [0.25, 0.3) is 0 Å². The molecule has 0 fully saturated rings. The predicted octanol–water partition coefficient (Wildman–Crippen LogP) is 3.36. The lowest BCUT2D eigenvalue weighted by Crippen LogP contribution is -2.33. The topological polar surface area (TPSA) is 50.4 Å². The first-order valence-corrected chi connectivity index (χ1v) is 7.89. The molecule has 0 aliphatic carbocycles. The molecule has 0 heterocycles. The molecule has 5 heteroatoms. The zero-order valence-electron chi connectivity index (χ0n) is 12.4. The summed E-state index contributed by atoms with van der Waals surface area (Å²) in [7, 11) is 0. The molecule has 0 aromatic heterocycles. The number of amides is 1. The molecular formula is C17H19BrN2O2. The van der Waals surface area contributed by atoms with E-state index < -0.39 is 0 Å². The van der Waals surface area contributed by atoms with Crippen molar-refractivity contribution in [1.29, 1.82) is 0 Å². The van der Waals surface area contributed by atoms with E-state index in [1.54, 1.807) is 0 Å². The van der Waals surface area contributed by atoms with Gasteiger partial charge in [0.15, 0.2) is 0 Å². The van der Waals surface area contributed by atoms with Crippen molar-refractivity contribution < 1.29 is 9.53 Å². The smallest absolute Gasteiger partial charge is 0.239 e.